The van der Waals surface area contributed by atoms with Crippen LogP contribution in [0.1, 0.15) is 29.2 Å². The first-order valence-electron chi connectivity index (χ1n) is 8.33. The number of hydrogen-bond acceptors (Lipinski definition) is 3. The average Bonchev–Trinajstić information content (AvgIpc) is 2.56. The number of allylic oxidation sites excluding steroid dienone is 1. The fourth-order valence-electron chi connectivity index (χ4n) is 2.80. The van der Waals surface area contributed by atoms with Crippen molar-refractivity contribution in [1.82, 2.24) is 0 Å². The van der Waals surface area contributed by atoms with E-state index in [9.17, 15) is 0 Å². The average molecular weight is 325 g/mol. The lowest BCUT2D eigenvalue weighted by molar-refractivity contribution is 0.308. The van der Waals surface area contributed by atoms with Crippen molar-refractivity contribution in [3.63, 3.8) is 0 Å². The van der Waals surface area contributed by atoms with E-state index in [-0.39, 0.29) is 0 Å². The van der Waals surface area contributed by atoms with Crippen molar-refractivity contribution < 1.29 is 9.47 Å². The second kappa shape index (κ2) is 8.44. The minimum absolute atomic E-state index is 0.612. The third-order valence-electron chi connectivity index (χ3n) is 3.93. The first-order valence-corrected chi connectivity index (χ1v) is 8.33. The number of anilines is 1. The van der Waals surface area contributed by atoms with Gasteiger partial charge >= 0.3 is 0 Å². The van der Waals surface area contributed by atoms with Crippen LogP contribution in [0.3, 0.4) is 0 Å². The number of nitrogens with one attached hydrogen (secondary N) is 1. The Labute approximate surface area is 145 Å². The van der Waals surface area contributed by atoms with Gasteiger partial charge in [-0.1, -0.05) is 23.8 Å². The first-order chi connectivity index (χ1) is 11.6. The third kappa shape index (κ3) is 4.31. The molecule has 2 aromatic carbocycles. The predicted molar refractivity (Wildman–Crippen MR) is 101 cm³/mol. The largest absolute Gasteiger partial charge is 0.493 e. The van der Waals surface area contributed by atoms with E-state index in [0.29, 0.717) is 6.61 Å². The third-order valence-corrected chi connectivity index (χ3v) is 3.93. The summed E-state index contributed by atoms with van der Waals surface area (Å²) in [6.45, 7) is 11.4. The van der Waals surface area contributed by atoms with Gasteiger partial charge in [0, 0.05) is 17.8 Å². The minimum atomic E-state index is 0.612. The number of aryl methyl sites for hydroxylation is 2. The van der Waals surface area contributed by atoms with Crippen LogP contribution in [-0.2, 0) is 13.0 Å². The second-order valence-electron chi connectivity index (χ2n) is 5.88. The van der Waals surface area contributed by atoms with Gasteiger partial charge in [0.2, 0.25) is 0 Å². The number of methoxy groups -OCH3 is 1. The van der Waals surface area contributed by atoms with E-state index in [4.69, 9.17) is 9.47 Å². The Balaban J connectivity index is 2.26. The normalized spacial score (nSPS) is 10.3. The van der Waals surface area contributed by atoms with Crippen molar-refractivity contribution >= 4 is 5.69 Å². The molecule has 0 radical (unpaired) electrons. The van der Waals surface area contributed by atoms with Crippen LogP contribution >= 0.6 is 0 Å². The molecule has 0 heterocycles. The molecule has 3 nitrogen and oxygen atoms in total. The van der Waals surface area contributed by atoms with Gasteiger partial charge in [0.05, 0.1) is 13.7 Å². The topological polar surface area (TPSA) is 30.5 Å². The Morgan fingerprint density at radius 3 is 2.58 bits per heavy atom. The number of rotatable bonds is 8. The van der Waals surface area contributed by atoms with E-state index in [1.165, 1.54) is 11.1 Å². The van der Waals surface area contributed by atoms with Crippen molar-refractivity contribution in [2.24, 2.45) is 0 Å². The van der Waals surface area contributed by atoms with Gasteiger partial charge in [0.15, 0.2) is 11.5 Å². The summed E-state index contributed by atoms with van der Waals surface area (Å²) in [7, 11) is 1.68. The molecule has 0 aliphatic carbocycles. The van der Waals surface area contributed by atoms with Crippen molar-refractivity contribution in [3.8, 4) is 11.5 Å². The molecular weight excluding hydrogens is 298 g/mol. The van der Waals surface area contributed by atoms with Gasteiger partial charge in [-0.15, -0.1) is 6.58 Å². The van der Waals surface area contributed by atoms with E-state index in [1.54, 1.807) is 7.11 Å². The highest BCUT2D eigenvalue weighted by Gasteiger charge is 2.12. The molecule has 0 unspecified atom stereocenters. The van der Waals surface area contributed by atoms with Crippen molar-refractivity contribution in [3.05, 3.63) is 65.2 Å². The maximum Gasteiger partial charge on any atom is 0.164 e. The molecule has 2 rings (SSSR count). The molecule has 0 aliphatic rings. The highest BCUT2D eigenvalue weighted by molar-refractivity contribution is 5.54. The Hall–Kier alpha value is -2.42. The summed E-state index contributed by atoms with van der Waals surface area (Å²) in [4.78, 5) is 0. The fourth-order valence-corrected chi connectivity index (χ4v) is 2.80. The summed E-state index contributed by atoms with van der Waals surface area (Å²) in [5.74, 6) is 1.59. The van der Waals surface area contributed by atoms with Gasteiger partial charge in [-0.2, -0.15) is 0 Å². The lowest BCUT2D eigenvalue weighted by atomic mass is 10.0. The number of ether oxygens (including phenoxy) is 2. The molecule has 0 atom stereocenters. The molecule has 0 saturated heterocycles. The lowest BCUT2D eigenvalue weighted by Crippen LogP contribution is -2.05. The van der Waals surface area contributed by atoms with Crippen molar-refractivity contribution in [1.29, 1.82) is 0 Å². The summed E-state index contributed by atoms with van der Waals surface area (Å²) < 4.78 is 11.3. The smallest absolute Gasteiger partial charge is 0.164 e. The SMILES string of the molecule is C=CCc1cc(CNc2ccc(C)cc2C)cc(OC)c1OCC. The van der Waals surface area contributed by atoms with Crippen LogP contribution < -0.4 is 14.8 Å². The quantitative estimate of drug-likeness (QED) is 0.689. The van der Waals surface area contributed by atoms with Crippen LogP contribution in [0.5, 0.6) is 11.5 Å². The molecule has 0 fully saturated rings. The van der Waals surface area contributed by atoms with E-state index < -0.39 is 0 Å². The summed E-state index contributed by atoms with van der Waals surface area (Å²) in [5.41, 5.74) is 5.93. The van der Waals surface area contributed by atoms with Gasteiger partial charge < -0.3 is 14.8 Å². The van der Waals surface area contributed by atoms with Gasteiger partial charge in [-0.3, -0.25) is 0 Å². The molecule has 0 saturated carbocycles. The van der Waals surface area contributed by atoms with Crippen LogP contribution in [0.15, 0.2) is 43.0 Å². The lowest BCUT2D eigenvalue weighted by Gasteiger charge is -2.17. The molecule has 1 N–H and O–H groups in total. The van der Waals surface area contributed by atoms with Crippen LogP contribution in [0, 0.1) is 13.8 Å². The van der Waals surface area contributed by atoms with Crippen molar-refractivity contribution in [2.45, 2.75) is 33.7 Å². The van der Waals surface area contributed by atoms with Crippen molar-refractivity contribution in [2.75, 3.05) is 19.0 Å². The molecule has 0 aromatic heterocycles. The van der Waals surface area contributed by atoms with E-state index in [2.05, 4.69) is 50.0 Å². The van der Waals surface area contributed by atoms with Crippen LogP contribution in [-0.4, -0.2) is 13.7 Å². The van der Waals surface area contributed by atoms with E-state index in [0.717, 1.165) is 41.3 Å². The molecule has 24 heavy (non-hydrogen) atoms. The molecule has 0 bridgehead atoms. The van der Waals surface area contributed by atoms with Gasteiger partial charge in [-0.05, 0) is 56.5 Å². The highest BCUT2D eigenvalue weighted by Crippen LogP contribution is 2.34. The molecule has 0 aliphatic heterocycles. The molecule has 3 heteroatoms. The molecular formula is C21H27NO2. The van der Waals surface area contributed by atoms with Crippen LogP contribution in [0.25, 0.3) is 0 Å². The zero-order chi connectivity index (χ0) is 17.5. The first kappa shape index (κ1) is 17.9. The monoisotopic (exact) mass is 325 g/mol. The van der Waals surface area contributed by atoms with E-state index in [1.807, 2.05) is 19.1 Å². The Kier molecular flexibility index (Phi) is 6.30. The van der Waals surface area contributed by atoms with Gasteiger partial charge in [0.25, 0.3) is 0 Å². The molecule has 2 aromatic rings. The van der Waals surface area contributed by atoms with Crippen LogP contribution in [0.4, 0.5) is 5.69 Å². The van der Waals surface area contributed by atoms with Gasteiger partial charge in [-0.25, -0.2) is 0 Å². The molecule has 0 spiro atoms. The summed E-state index contributed by atoms with van der Waals surface area (Å²) in [6.07, 6.45) is 2.64. The van der Waals surface area contributed by atoms with E-state index >= 15 is 0 Å². The molecule has 0 amide bonds. The highest BCUT2D eigenvalue weighted by atomic mass is 16.5. The second-order valence-corrected chi connectivity index (χ2v) is 5.88. The minimum Gasteiger partial charge on any atom is -0.493 e. The maximum absolute atomic E-state index is 5.77. The summed E-state index contributed by atoms with van der Waals surface area (Å²) in [5, 5.41) is 3.51. The Morgan fingerprint density at radius 1 is 1.17 bits per heavy atom. The predicted octanol–water partition coefficient (Wildman–Crippen LogP) is 5.05. The Bertz CT molecular complexity index is 707. The fraction of sp³-hybridized carbons (Fsp3) is 0.333. The zero-order valence-corrected chi connectivity index (χ0v) is 15.1. The number of benzene rings is 2. The summed E-state index contributed by atoms with van der Waals surface area (Å²) in [6, 6.07) is 10.6. The zero-order valence-electron chi connectivity index (χ0n) is 15.1. The number of hydrogen-bond donors (Lipinski definition) is 1. The standard InChI is InChI=1S/C21H27NO2/c1-6-8-18-12-17(13-20(23-5)21(18)24-7-2)14-22-19-10-9-15(3)11-16(19)4/h6,9-13,22H,1,7-8,14H2,2-5H3. The maximum atomic E-state index is 5.77. The van der Waals surface area contributed by atoms with Gasteiger partial charge in [0.1, 0.15) is 0 Å². The molecule has 128 valence electrons. The summed E-state index contributed by atoms with van der Waals surface area (Å²) >= 11 is 0. The Morgan fingerprint density at radius 2 is 1.96 bits per heavy atom. The van der Waals surface area contributed by atoms with Crippen LogP contribution in [0.2, 0.25) is 0 Å².